The van der Waals surface area contributed by atoms with E-state index in [1.165, 1.54) is 0 Å². The Morgan fingerprint density at radius 3 is 2.50 bits per heavy atom. The minimum atomic E-state index is -3.13. The maximum Gasteiger partial charge on any atom is 0.236 e. The second-order valence-corrected chi connectivity index (χ2v) is 5.91. The number of hydrogen-bond donors (Lipinski definition) is 2. The van der Waals surface area contributed by atoms with Crippen LogP contribution in [0.15, 0.2) is 0 Å². The summed E-state index contributed by atoms with van der Waals surface area (Å²) in [6.07, 6.45) is 3.30. The van der Waals surface area contributed by atoms with Gasteiger partial charge in [0.25, 0.3) is 0 Å². The van der Waals surface area contributed by atoms with Crippen LogP contribution in [0, 0.1) is 0 Å². The van der Waals surface area contributed by atoms with Crippen LogP contribution >= 0.6 is 0 Å². The molecule has 0 unspecified atom stereocenters. The molecule has 0 heterocycles. The highest BCUT2D eigenvalue weighted by molar-refractivity contribution is 7.88. The Morgan fingerprint density at radius 2 is 2.00 bits per heavy atom. The summed E-state index contributed by atoms with van der Waals surface area (Å²) in [6, 6.07) is 0.420. The number of rotatable bonds is 7. The maximum absolute atomic E-state index is 11.5. The van der Waals surface area contributed by atoms with Crippen molar-refractivity contribution >= 4 is 15.9 Å². The van der Waals surface area contributed by atoms with Gasteiger partial charge in [-0.2, -0.15) is 0 Å². The number of carbonyl (C=O) groups excluding carboxylic acids is 1. The number of sulfonamides is 1. The summed E-state index contributed by atoms with van der Waals surface area (Å²) in [7, 11) is -1.33. The van der Waals surface area contributed by atoms with Crippen molar-refractivity contribution in [1.82, 2.24) is 14.9 Å². The largest absolute Gasteiger partial charge is 0.342 e. The SMILES string of the molecule is CN(C(=O)CNCCNS(C)(=O)=O)C1CC1. The molecule has 1 rings (SSSR count). The number of carbonyl (C=O) groups is 1. The first-order chi connectivity index (χ1) is 7.40. The van der Waals surface area contributed by atoms with Gasteiger partial charge in [0.1, 0.15) is 0 Å². The predicted octanol–water partition coefficient (Wildman–Crippen LogP) is -1.25. The number of likely N-dealkylation sites (N-methyl/N-ethyl adjacent to an activating group) is 1. The molecule has 0 radical (unpaired) electrons. The molecular weight excluding hydrogens is 230 g/mol. The molecule has 94 valence electrons. The third-order valence-electron chi connectivity index (χ3n) is 2.43. The molecule has 1 amide bonds. The first kappa shape index (κ1) is 13.4. The Labute approximate surface area is 96.4 Å². The molecule has 0 aromatic carbocycles. The molecule has 0 saturated heterocycles. The smallest absolute Gasteiger partial charge is 0.236 e. The topological polar surface area (TPSA) is 78.5 Å². The number of nitrogens with zero attached hydrogens (tertiary/aromatic N) is 1. The molecule has 7 heteroatoms. The zero-order valence-corrected chi connectivity index (χ0v) is 10.5. The van der Waals surface area contributed by atoms with Gasteiger partial charge in [0, 0.05) is 26.2 Å². The van der Waals surface area contributed by atoms with Gasteiger partial charge in [-0.3, -0.25) is 4.79 Å². The average Bonchev–Trinajstić information content (AvgIpc) is 2.97. The molecule has 0 atom stereocenters. The van der Waals surface area contributed by atoms with Crippen LogP contribution in [0.5, 0.6) is 0 Å². The summed E-state index contributed by atoms with van der Waals surface area (Å²) in [4.78, 5) is 13.3. The first-order valence-electron chi connectivity index (χ1n) is 5.31. The van der Waals surface area contributed by atoms with E-state index < -0.39 is 10.0 Å². The Balaban J connectivity index is 2.04. The fourth-order valence-corrected chi connectivity index (χ4v) is 1.78. The zero-order chi connectivity index (χ0) is 12.2. The Hall–Kier alpha value is -0.660. The maximum atomic E-state index is 11.5. The van der Waals surface area contributed by atoms with Gasteiger partial charge in [0.2, 0.25) is 15.9 Å². The number of amides is 1. The van der Waals surface area contributed by atoms with E-state index in [0.717, 1.165) is 19.1 Å². The van der Waals surface area contributed by atoms with E-state index >= 15 is 0 Å². The average molecular weight is 249 g/mol. The minimum Gasteiger partial charge on any atom is -0.342 e. The van der Waals surface area contributed by atoms with E-state index in [1.54, 1.807) is 11.9 Å². The molecule has 1 aliphatic rings. The quantitative estimate of drug-likeness (QED) is 0.552. The molecule has 0 bridgehead atoms. The lowest BCUT2D eigenvalue weighted by Crippen LogP contribution is -2.39. The summed E-state index contributed by atoms with van der Waals surface area (Å²) in [5.41, 5.74) is 0. The van der Waals surface area contributed by atoms with Crippen molar-refractivity contribution in [1.29, 1.82) is 0 Å². The molecule has 0 aromatic rings. The molecule has 0 aromatic heterocycles. The van der Waals surface area contributed by atoms with Gasteiger partial charge < -0.3 is 10.2 Å². The van der Waals surface area contributed by atoms with E-state index in [1.807, 2.05) is 0 Å². The number of hydrogen-bond acceptors (Lipinski definition) is 4. The Kier molecular flexibility index (Phi) is 4.69. The van der Waals surface area contributed by atoms with Gasteiger partial charge in [0.05, 0.1) is 12.8 Å². The molecular formula is C9H19N3O3S. The highest BCUT2D eigenvalue weighted by atomic mass is 32.2. The van der Waals surface area contributed by atoms with E-state index in [0.29, 0.717) is 19.1 Å². The Bertz CT molecular complexity index is 338. The van der Waals surface area contributed by atoms with Crippen LogP contribution < -0.4 is 10.0 Å². The van der Waals surface area contributed by atoms with Crippen LogP contribution in [0.25, 0.3) is 0 Å². The third-order valence-corrected chi connectivity index (χ3v) is 3.16. The van der Waals surface area contributed by atoms with Crippen molar-refractivity contribution in [3.05, 3.63) is 0 Å². The fourth-order valence-electron chi connectivity index (χ4n) is 1.31. The van der Waals surface area contributed by atoms with Gasteiger partial charge in [-0.15, -0.1) is 0 Å². The fraction of sp³-hybridized carbons (Fsp3) is 0.889. The van der Waals surface area contributed by atoms with E-state index in [4.69, 9.17) is 0 Å². The first-order valence-corrected chi connectivity index (χ1v) is 7.20. The van der Waals surface area contributed by atoms with E-state index in [2.05, 4.69) is 10.0 Å². The molecule has 1 aliphatic carbocycles. The van der Waals surface area contributed by atoms with E-state index in [-0.39, 0.29) is 12.5 Å². The van der Waals surface area contributed by atoms with Crippen LogP contribution in [0.4, 0.5) is 0 Å². The summed E-state index contributed by atoms with van der Waals surface area (Å²) in [6.45, 7) is 1.02. The summed E-state index contributed by atoms with van der Waals surface area (Å²) in [5.74, 6) is 0.0573. The van der Waals surface area contributed by atoms with Gasteiger partial charge >= 0.3 is 0 Å². The van der Waals surface area contributed by atoms with Gasteiger partial charge in [-0.05, 0) is 12.8 Å². The lowest BCUT2D eigenvalue weighted by atomic mass is 10.4. The molecule has 0 spiro atoms. The highest BCUT2D eigenvalue weighted by Gasteiger charge is 2.28. The van der Waals surface area contributed by atoms with Crippen LogP contribution in [-0.2, 0) is 14.8 Å². The van der Waals surface area contributed by atoms with Crippen molar-refractivity contribution in [2.45, 2.75) is 18.9 Å². The second kappa shape index (κ2) is 5.60. The molecule has 0 aliphatic heterocycles. The van der Waals surface area contributed by atoms with Crippen molar-refractivity contribution in [2.75, 3.05) is 32.9 Å². The van der Waals surface area contributed by atoms with Crippen LogP contribution in [0.2, 0.25) is 0 Å². The highest BCUT2D eigenvalue weighted by Crippen LogP contribution is 2.24. The molecule has 1 fully saturated rings. The van der Waals surface area contributed by atoms with Crippen molar-refractivity contribution in [2.24, 2.45) is 0 Å². The van der Waals surface area contributed by atoms with Gasteiger partial charge in [0.15, 0.2) is 0 Å². The lowest BCUT2D eigenvalue weighted by Gasteiger charge is -2.16. The molecule has 6 nitrogen and oxygen atoms in total. The third kappa shape index (κ3) is 5.43. The van der Waals surface area contributed by atoms with Crippen LogP contribution in [-0.4, -0.2) is 58.2 Å². The molecule has 2 N–H and O–H groups in total. The van der Waals surface area contributed by atoms with Crippen LogP contribution in [0.1, 0.15) is 12.8 Å². The molecule has 1 saturated carbocycles. The predicted molar refractivity (Wildman–Crippen MR) is 61.5 cm³/mol. The minimum absolute atomic E-state index is 0.0573. The van der Waals surface area contributed by atoms with Crippen molar-refractivity contribution < 1.29 is 13.2 Å². The van der Waals surface area contributed by atoms with E-state index in [9.17, 15) is 13.2 Å². The summed E-state index contributed by atoms with van der Waals surface area (Å²) >= 11 is 0. The standard InChI is InChI=1S/C9H19N3O3S/c1-12(8-3-4-8)9(13)7-10-5-6-11-16(2,14)15/h8,10-11H,3-7H2,1-2H3. The van der Waals surface area contributed by atoms with Crippen molar-refractivity contribution in [3.63, 3.8) is 0 Å². The zero-order valence-electron chi connectivity index (χ0n) is 9.69. The Morgan fingerprint density at radius 1 is 1.38 bits per heavy atom. The monoisotopic (exact) mass is 249 g/mol. The second-order valence-electron chi connectivity index (χ2n) is 4.08. The normalized spacial score (nSPS) is 16.1. The van der Waals surface area contributed by atoms with Crippen LogP contribution in [0.3, 0.4) is 0 Å². The molecule has 16 heavy (non-hydrogen) atoms. The summed E-state index contributed by atoms with van der Waals surface area (Å²) < 4.78 is 23.8. The summed E-state index contributed by atoms with van der Waals surface area (Å²) in [5, 5.41) is 2.90. The van der Waals surface area contributed by atoms with Gasteiger partial charge in [-0.1, -0.05) is 0 Å². The van der Waals surface area contributed by atoms with Crippen molar-refractivity contribution in [3.8, 4) is 0 Å². The van der Waals surface area contributed by atoms with Gasteiger partial charge in [-0.25, -0.2) is 13.1 Å². The number of nitrogens with one attached hydrogen (secondary N) is 2. The lowest BCUT2D eigenvalue weighted by molar-refractivity contribution is -0.129.